The third kappa shape index (κ3) is 2.76. The molecule has 4 bridgehead atoms. The average Bonchev–Trinajstić information content (AvgIpc) is 3.21. The highest BCUT2D eigenvalue weighted by atomic mass is 16.7. The van der Waals surface area contributed by atoms with E-state index in [4.69, 9.17) is 9.47 Å². The molecule has 5 aliphatic rings. The molecule has 2 atom stereocenters. The molecule has 4 fully saturated rings. The fraction of sp³-hybridized carbons (Fsp3) is 0.500. The zero-order chi connectivity index (χ0) is 20.3. The summed E-state index contributed by atoms with van der Waals surface area (Å²) in [7, 11) is 1.97. The summed E-state index contributed by atoms with van der Waals surface area (Å²) in [4.78, 5) is 15.8. The zero-order valence-electron chi connectivity index (χ0n) is 17.6. The standard InChI is InChI=1S/C26H29NO3/c1-27(15-18-7-8-22-23(10-18)30-17-29-22)24(28)26-13-19-9-20(14-26)12-25(11-19,16-26)21-5-3-2-4-6-21/h2-8,10,19-20H,9,11-17H2,1H3/t19-,20-,25?,26?/m1/s1. The van der Waals surface area contributed by atoms with Crippen molar-refractivity contribution in [3.8, 4) is 11.5 Å². The first-order valence-corrected chi connectivity index (χ1v) is 11.2. The van der Waals surface area contributed by atoms with Crippen molar-refractivity contribution in [1.29, 1.82) is 0 Å². The summed E-state index contributed by atoms with van der Waals surface area (Å²) >= 11 is 0. The number of fused-ring (bicyclic) bond motifs is 1. The summed E-state index contributed by atoms with van der Waals surface area (Å²) in [5.74, 6) is 3.29. The number of benzene rings is 2. The first kappa shape index (κ1) is 18.3. The van der Waals surface area contributed by atoms with Gasteiger partial charge in [0.1, 0.15) is 0 Å². The lowest BCUT2D eigenvalue weighted by molar-refractivity contribution is -0.159. The Morgan fingerprint density at radius 1 is 1.00 bits per heavy atom. The van der Waals surface area contributed by atoms with Crippen molar-refractivity contribution in [3.05, 3.63) is 59.7 Å². The van der Waals surface area contributed by atoms with Crippen molar-refractivity contribution < 1.29 is 14.3 Å². The van der Waals surface area contributed by atoms with E-state index in [9.17, 15) is 4.79 Å². The molecule has 1 amide bonds. The SMILES string of the molecule is CN(Cc1ccc2c(c1)OCO2)C(=O)C12C[C@@H]3C[C@@H](C1)CC(c1ccccc1)(C3)C2. The van der Waals surface area contributed by atoms with Crippen LogP contribution in [0.5, 0.6) is 11.5 Å². The van der Waals surface area contributed by atoms with E-state index in [0.29, 0.717) is 24.3 Å². The summed E-state index contributed by atoms with van der Waals surface area (Å²) in [5.41, 5.74) is 2.55. The molecule has 1 heterocycles. The van der Waals surface area contributed by atoms with Crippen LogP contribution in [0.25, 0.3) is 0 Å². The van der Waals surface area contributed by atoms with Crippen LogP contribution in [0.2, 0.25) is 0 Å². The van der Waals surface area contributed by atoms with Crippen LogP contribution in [0.4, 0.5) is 0 Å². The van der Waals surface area contributed by atoms with E-state index >= 15 is 0 Å². The minimum Gasteiger partial charge on any atom is -0.454 e. The van der Waals surface area contributed by atoms with Gasteiger partial charge in [0.05, 0.1) is 5.41 Å². The Labute approximate surface area is 178 Å². The second-order valence-electron chi connectivity index (χ2n) is 10.2. The van der Waals surface area contributed by atoms with Crippen LogP contribution in [-0.2, 0) is 16.8 Å². The van der Waals surface area contributed by atoms with E-state index in [1.165, 1.54) is 24.8 Å². The minimum atomic E-state index is -0.189. The molecule has 0 aromatic heterocycles. The first-order chi connectivity index (χ1) is 14.6. The summed E-state index contributed by atoms with van der Waals surface area (Å²) in [6.45, 7) is 0.895. The van der Waals surface area contributed by atoms with E-state index in [-0.39, 0.29) is 17.6 Å². The predicted octanol–water partition coefficient (Wildman–Crippen LogP) is 4.91. The minimum absolute atomic E-state index is 0.189. The van der Waals surface area contributed by atoms with Gasteiger partial charge in [-0.3, -0.25) is 4.79 Å². The van der Waals surface area contributed by atoms with Crippen LogP contribution < -0.4 is 9.47 Å². The van der Waals surface area contributed by atoms with Gasteiger partial charge >= 0.3 is 0 Å². The summed E-state index contributed by atoms with van der Waals surface area (Å²) in [6, 6.07) is 17.0. The maximum atomic E-state index is 13.9. The lowest BCUT2D eigenvalue weighted by atomic mass is 9.42. The average molecular weight is 404 g/mol. The van der Waals surface area contributed by atoms with Gasteiger partial charge in [-0.25, -0.2) is 0 Å². The lowest BCUT2D eigenvalue weighted by Gasteiger charge is -2.62. The van der Waals surface area contributed by atoms with Gasteiger partial charge in [-0.05, 0) is 79.0 Å². The highest BCUT2D eigenvalue weighted by Crippen LogP contribution is 2.66. The van der Waals surface area contributed by atoms with Crippen molar-refractivity contribution in [2.75, 3.05) is 13.8 Å². The van der Waals surface area contributed by atoms with Gasteiger partial charge in [-0.15, -0.1) is 0 Å². The molecular weight excluding hydrogens is 374 g/mol. The van der Waals surface area contributed by atoms with Gasteiger partial charge < -0.3 is 14.4 Å². The number of ether oxygens (including phenoxy) is 2. The van der Waals surface area contributed by atoms with Crippen molar-refractivity contribution in [2.24, 2.45) is 17.3 Å². The Kier molecular flexibility index (Phi) is 3.96. The monoisotopic (exact) mass is 403 g/mol. The summed E-state index contributed by atoms with van der Waals surface area (Å²) < 4.78 is 10.9. The van der Waals surface area contributed by atoms with Crippen molar-refractivity contribution in [3.63, 3.8) is 0 Å². The number of carbonyl (C=O) groups excluding carboxylic acids is 1. The van der Waals surface area contributed by atoms with Crippen LogP contribution in [0.3, 0.4) is 0 Å². The van der Waals surface area contributed by atoms with E-state index < -0.39 is 0 Å². The van der Waals surface area contributed by atoms with Crippen LogP contribution >= 0.6 is 0 Å². The molecule has 156 valence electrons. The van der Waals surface area contributed by atoms with Gasteiger partial charge in [-0.1, -0.05) is 36.4 Å². The number of hydrogen-bond donors (Lipinski definition) is 0. The third-order valence-corrected chi connectivity index (χ3v) is 8.10. The molecule has 4 aliphatic carbocycles. The van der Waals surface area contributed by atoms with Gasteiger partial charge in [0.25, 0.3) is 0 Å². The van der Waals surface area contributed by atoms with Crippen molar-refractivity contribution in [1.82, 2.24) is 4.90 Å². The van der Waals surface area contributed by atoms with Gasteiger partial charge in [0.15, 0.2) is 11.5 Å². The number of rotatable bonds is 4. The fourth-order valence-electron chi connectivity index (χ4n) is 7.43. The second-order valence-corrected chi connectivity index (χ2v) is 10.2. The Bertz CT molecular complexity index is 971. The molecule has 4 saturated carbocycles. The van der Waals surface area contributed by atoms with Crippen LogP contribution in [0.15, 0.2) is 48.5 Å². The summed E-state index contributed by atoms with van der Waals surface area (Å²) in [6.07, 6.45) is 6.99. The van der Waals surface area contributed by atoms with Gasteiger partial charge in [0.2, 0.25) is 12.7 Å². The maximum Gasteiger partial charge on any atom is 0.231 e. The molecule has 0 radical (unpaired) electrons. The van der Waals surface area contributed by atoms with Crippen molar-refractivity contribution in [2.45, 2.75) is 50.5 Å². The van der Waals surface area contributed by atoms with E-state index in [1.807, 2.05) is 30.1 Å². The molecule has 2 aromatic rings. The van der Waals surface area contributed by atoms with Gasteiger partial charge in [0, 0.05) is 13.6 Å². The Balaban J connectivity index is 1.27. The molecule has 2 aromatic carbocycles. The fourth-order valence-corrected chi connectivity index (χ4v) is 7.43. The van der Waals surface area contributed by atoms with Gasteiger partial charge in [-0.2, -0.15) is 0 Å². The number of hydrogen-bond acceptors (Lipinski definition) is 3. The van der Waals surface area contributed by atoms with Crippen LogP contribution in [-0.4, -0.2) is 24.6 Å². The molecular formula is C26H29NO3. The highest BCUT2D eigenvalue weighted by Gasteiger charge is 2.61. The zero-order valence-corrected chi connectivity index (χ0v) is 17.6. The third-order valence-electron chi connectivity index (χ3n) is 8.10. The van der Waals surface area contributed by atoms with E-state index in [0.717, 1.165) is 36.3 Å². The normalized spacial score (nSPS) is 33.0. The highest BCUT2D eigenvalue weighted by molar-refractivity contribution is 5.83. The van der Waals surface area contributed by atoms with E-state index in [2.05, 4.69) is 30.3 Å². The Morgan fingerprint density at radius 2 is 1.73 bits per heavy atom. The lowest BCUT2D eigenvalue weighted by Crippen LogP contribution is -2.59. The molecule has 7 rings (SSSR count). The number of nitrogens with zero attached hydrogens (tertiary/aromatic N) is 1. The topological polar surface area (TPSA) is 38.8 Å². The smallest absolute Gasteiger partial charge is 0.231 e. The first-order valence-electron chi connectivity index (χ1n) is 11.2. The van der Waals surface area contributed by atoms with Crippen molar-refractivity contribution >= 4 is 5.91 Å². The summed E-state index contributed by atoms with van der Waals surface area (Å²) in [5, 5.41) is 0. The molecule has 4 nitrogen and oxygen atoms in total. The predicted molar refractivity (Wildman–Crippen MR) is 114 cm³/mol. The second kappa shape index (κ2) is 6.50. The largest absolute Gasteiger partial charge is 0.454 e. The molecule has 0 N–H and O–H groups in total. The molecule has 4 heteroatoms. The van der Waals surface area contributed by atoms with E-state index in [1.54, 1.807) is 0 Å². The maximum absolute atomic E-state index is 13.9. The number of carbonyl (C=O) groups is 1. The quantitative estimate of drug-likeness (QED) is 0.728. The molecule has 1 aliphatic heterocycles. The van der Waals surface area contributed by atoms with Crippen LogP contribution in [0.1, 0.15) is 49.7 Å². The molecule has 0 spiro atoms. The molecule has 30 heavy (non-hydrogen) atoms. The Morgan fingerprint density at radius 3 is 2.50 bits per heavy atom. The Hall–Kier alpha value is -2.49. The molecule has 0 saturated heterocycles. The molecule has 0 unspecified atom stereocenters. The number of amides is 1. The van der Waals surface area contributed by atoms with Crippen LogP contribution in [0, 0.1) is 17.3 Å².